The number of aliphatic imine (C=N–C) groups is 2. The number of carbonyl (C=O) groups is 1. The molecule has 0 radical (unpaired) electrons. The van der Waals surface area contributed by atoms with Gasteiger partial charge in [0.05, 0.1) is 11.3 Å². The van der Waals surface area contributed by atoms with Crippen LogP contribution in [0.2, 0.25) is 0 Å². The molecule has 1 fully saturated rings. The number of carboxylic acids is 1. The van der Waals surface area contributed by atoms with Crippen LogP contribution >= 0.6 is 31.9 Å². The van der Waals surface area contributed by atoms with Crippen molar-refractivity contribution in [1.29, 1.82) is 0 Å². The van der Waals surface area contributed by atoms with E-state index in [1.165, 1.54) is 0 Å². The molecule has 1 aromatic rings. The Bertz CT molecular complexity index is 756. The van der Waals surface area contributed by atoms with Crippen molar-refractivity contribution in [2.75, 3.05) is 4.90 Å². The average Bonchev–Trinajstić information content (AvgIpc) is 2.48. The topological polar surface area (TPSA) is 117 Å². The van der Waals surface area contributed by atoms with Gasteiger partial charge in [-0.25, -0.2) is 9.79 Å². The first-order valence-electron chi connectivity index (χ1n) is 7.56. The number of benzene rings is 1. The summed E-state index contributed by atoms with van der Waals surface area (Å²) in [5, 5.41) is 9.66. The normalized spacial score (nSPS) is 19.8. The molecule has 0 aromatic heterocycles. The Morgan fingerprint density at radius 3 is 2.50 bits per heavy atom. The lowest BCUT2D eigenvalue weighted by molar-refractivity contribution is 0.0697. The monoisotopic (exact) mass is 457 g/mol. The molecule has 3 rings (SSSR count). The molecule has 0 bridgehead atoms. The first-order chi connectivity index (χ1) is 11.3. The van der Waals surface area contributed by atoms with Gasteiger partial charge in [0.25, 0.3) is 0 Å². The standard InChI is InChI=1S/C15H17Br2N5O2/c16-8-6-9(12(23)24)11(10(17)7-8)22-14(19)20-13(18)21-15(22)4-2-1-3-5-15/h6-7H,1-5H2,(H,23,24)(H4,18,19,20,21). The van der Waals surface area contributed by atoms with Gasteiger partial charge >= 0.3 is 5.97 Å². The summed E-state index contributed by atoms with van der Waals surface area (Å²) in [4.78, 5) is 22.2. The zero-order chi connectivity index (χ0) is 17.5. The van der Waals surface area contributed by atoms with E-state index in [-0.39, 0.29) is 17.5 Å². The highest BCUT2D eigenvalue weighted by atomic mass is 79.9. The SMILES string of the molecule is NC1=NC2(CCCCC2)N(c2c(Br)cc(Br)cc2C(=O)O)C(N)=N1. The largest absolute Gasteiger partial charge is 0.478 e. The molecular weight excluding hydrogens is 442 g/mol. The maximum Gasteiger partial charge on any atom is 0.337 e. The van der Waals surface area contributed by atoms with Crippen molar-refractivity contribution in [1.82, 2.24) is 0 Å². The smallest absolute Gasteiger partial charge is 0.337 e. The van der Waals surface area contributed by atoms with E-state index in [1.54, 1.807) is 17.0 Å². The fraction of sp³-hybridized carbons (Fsp3) is 0.400. The van der Waals surface area contributed by atoms with Gasteiger partial charge in [0.15, 0.2) is 0 Å². The van der Waals surface area contributed by atoms with Crippen molar-refractivity contribution < 1.29 is 9.90 Å². The molecule has 0 amide bonds. The molecule has 0 atom stereocenters. The van der Waals surface area contributed by atoms with Crippen molar-refractivity contribution in [2.24, 2.45) is 21.5 Å². The number of hydrogen-bond acceptors (Lipinski definition) is 6. The van der Waals surface area contributed by atoms with Gasteiger partial charge in [-0.05, 0) is 53.7 Å². The molecule has 128 valence electrons. The van der Waals surface area contributed by atoms with Gasteiger partial charge in [-0.15, -0.1) is 0 Å². The van der Waals surface area contributed by atoms with E-state index in [9.17, 15) is 9.90 Å². The van der Waals surface area contributed by atoms with E-state index in [0.29, 0.717) is 14.6 Å². The van der Waals surface area contributed by atoms with Gasteiger partial charge in [-0.2, -0.15) is 4.99 Å². The molecular formula is C15H17Br2N5O2. The molecule has 0 unspecified atom stereocenters. The molecule has 1 saturated carbocycles. The Hall–Kier alpha value is -1.61. The number of rotatable bonds is 2. The van der Waals surface area contributed by atoms with E-state index in [4.69, 9.17) is 11.5 Å². The van der Waals surface area contributed by atoms with Crippen molar-refractivity contribution in [3.8, 4) is 0 Å². The molecule has 1 aliphatic carbocycles. The summed E-state index contributed by atoms with van der Waals surface area (Å²) >= 11 is 6.80. The van der Waals surface area contributed by atoms with E-state index in [2.05, 4.69) is 41.8 Å². The molecule has 0 saturated heterocycles. The zero-order valence-corrected chi connectivity index (χ0v) is 16.0. The van der Waals surface area contributed by atoms with Crippen molar-refractivity contribution in [2.45, 2.75) is 37.8 Å². The van der Waals surface area contributed by atoms with Gasteiger partial charge in [0.2, 0.25) is 11.9 Å². The number of hydrogen-bond donors (Lipinski definition) is 3. The average molecular weight is 459 g/mol. The predicted molar refractivity (Wildman–Crippen MR) is 100 cm³/mol. The number of nitrogens with zero attached hydrogens (tertiary/aromatic N) is 3. The Kier molecular flexibility index (Phi) is 4.56. The quantitative estimate of drug-likeness (QED) is 0.629. The van der Waals surface area contributed by atoms with Crippen LogP contribution in [0.15, 0.2) is 31.1 Å². The van der Waals surface area contributed by atoms with Crippen LogP contribution in [0.1, 0.15) is 42.5 Å². The summed E-state index contributed by atoms with van der Waals surface area (Å²) in [6, 6.07) is 3.33. The number of guanidine groups is 2. The Morgan fingerprint density at radius 2 is 1.88 bits per heavy atom. The number of carboxylic acid groups (broad SMARTS) is 1. The van der Waals surface area contributed by atoms with Crippen LogP contribution in [-0.4, -0.2) is 28.7 Å². The van der Waals surface area contributed by atoms with E-state index in [0.717, 1.165) is 32.1 Å². The molecule has 1 spiro atoms. The van der Waals surface area contributed by atoms with Gasteiger partial charge in [0, 0.05) is 8.95 Å². The highest BCUT2D eigenvalue weighted by Gasteiger charge is 2.44. The second kappa shape index (κ2) is 6.36. The Balaban J connectivity index is 2.23. The van der Waals surface area contributed by atoms with Crippen LogP contribution in [0.5, 0.6) is 0 Å². The molecule has 2 aliphatic rings. The third-order valence-corrected chi connectivity index (χ3v) is 5.40. The minimum Gasteiger partial charge on any atom is -0.478 e. The first kappa shape index (κ1) is 17.2. The second-order valence-electron chi connectivity index (χ2n) is 5.91. The minimum atomic E-state index is -1.05. The van der Waals surface area contributed by atoms with Crippen LogP contribution in [0.3, 0.4) is 0 Å². The van der Waals surface area contributed by atoms with E-state index < -0.39 is 11.6 Å². The molecule has 1 aliphatic heterocycles. The summed E-state index contributed by atoms with van der Waals surface area (Å²) in [6.45, 7) is 0. The second-order valence-corrected chi connectivity index (χ2v) is 7.68. The highest BCUT2D eigenvalue weighted by molar-refractivity contribution is 9.11. The number of nitrogens with two attached hydrogens (primary N) is 2. The molecule has 1 heterocycles. The molecule has 9 heteroatoms. The minimum absolute atomic E-state index is 0.120. The highest BCUT2D eigenvalue weighted by Crippen LogP contribution is 2.44. The van der Waals surface area contributed by atoms with Crippen molar-refractivity contribution >= 4 is 55.4 Å². The maximum absolute atomic E-state index is 11.8. The Labute approximate surface area is 156 Å². The molecule has 24 heavy (non-hydrogen) atoms. The molecule has 7 nitrogen and oxygen atoms in total. The number of aromatic carboxylic acids is 1. The number of anilines is 1. The van der Waals surface area contributed by atoms with Crippen LogP contribution in [0, 0.1) is 0 Å². The summed E-state index contributed by atoms with van der Waals surface area (Å²) in [5.74, 6) is -0.751. The van der Waals surface area contributed by atoms with Crippen LogP contribution < -0.4 is 16.4 Å². The van der Waals surface area contributed by atoms with Crippen molar-refractivity contribution in [3.63, 3.8) is 0 Å². The third kappa shape index (κ3) is 2.90. The van der Waals surface area contributed by atoms with Crippen LogP contribution in [-0.2, 0) is 0 Å². The van der Waals surface area contributed by atoms with Gasteiger partial charge < -0.3 is 16.6 Å². The van der Waals surface area contributed by atoms with Gasteiger partial charge in [0.1, 0.15) is 5.66 Å². The third-order valence-electron chi connectivity index (χ3n) is 4.33. The summed E-state index contributed by atoms with van der Waals surface area (Å²) in [5.41, 5.74) is 11.9. The van der Waals surface area contributed by atoms with Crippen LogP contribution in [0.25, 0.3) is 0 Å². The fourth-order valence-corrected chi connectivity index (χ4v) is 4.80. The Morgan fingerprint density at radius 1 is 1.21 bits per heavy atom. The lowest BCUT2D eigenvalue weighted by Crippen LogP contribution is -2.58. The molecule has 1 aromatic carbocycles. The first-order valence-corrected chi connectivity index (χ1v) is 9.15. The van der Waals surface area contributed by atoms with Gasteiger partial charge in [-0.3, -0.25) is 4.90 Å². The fourth-order valence-electron chi connectivity index (χ4n) is 3.40. The molecule has 5 N–H and O–H groups in total. The van der Waals surface area contributed by atoms with Gasteiger partial charge in [-0.1, -0.05) is 22.4 Å². The van der Waals surface area contributed by atoms with Crippen molar-refractivity contribution in [3.05, 3.63) is 26.6 Å². The number of halogens is 2. The zero-order valence-electron chi connectivity index (χ0n) is 12.8. The summed E-state index contributed by atoms with van der Waals surface area (Å²) < 4.78 is 1.26. The lowest BCUT2D eigenvalue weighted by atomic mass is 9.87. The van der Waals surface area contributed by atoms with E-state index >= 15 is 0 Å². The summed E-state index contributed by atoms with van der Waals surface area (Å²) in [6.07, 6.45) is 4.53. The summed E-state index contributed by atoms with van der Waals surface area (Å²) in [7, 11) is 0. The van der Waals surface area contributed by atoms with E-state index in [1.807, 2.05) is 0 Å². The van der Waals surface area contributed by atoms with Crippen LogP contribution in [0.4, 0.5) is 5.69 Å². The predicted octanol–water partition coefficient (Wildman–Crippen LogP) is 3.02. The maximum atomic E-state index is 11.8. The lowest BCUT2D eigenvalue weighted by Gasteiger charge is -2.46.